The summed E-state index contributed by atoms with van der Waals surface area (Å²) in [6, 6.07) is 10.8. The van der Waals surface area contributed by atoms with Gasteiger partial charge in [-0.2, -0.15) is 0 Å². The first-order valence-electron chi connectivity index (χ1n) is 7.85. The molecule has 1 aliphatic rings. The molecule has 105 valence electrons. The van der Waals surface area contributed by atoms with Gasteiger partial charge in [-0.05, 0) is 44.3 Å². The zero-order chi connectivity index (χ0) is 13.2. The van der Waals surface area contributed by atoms with Crippen LogP contribution in [0.3, 0.4) is 0 Å². The van der Waals surface area contributed by atoms with Crippen molar-refractivity contribution in [2.45, 2.75) is 38.5 Å². The average molecular weight is 259 g/mol. The van der Waals surface area contributed by atoms with Crippen molar-refractivity contribution < 1.29 is 0 Å². The summed E-state index contributed by atoms with van der Waals surface area (Å²) in [7, 11) is 0. The predicted octanol–water partition coefficient (Wildman–Crippen LogP) is 3.10. The van der Waals surface area contributed by atoms with Gasteiger partial charge in [0.2, 0.25) is 0 Å². The Hall–Kier alpha value is -0.860. The molecule has 1 aromatic carbocycles. The van der Waals surface area contributed by atoms with Gasteiger partial charge >= 0.3 is 0 Å². The molecule has 19 heavy (non-hydrogen) atoms. The molecule has 1 saturated heterocycles. The fourth-order valence-electron chi connectivity index (χ4n) is 2.73. The number of hydrogen-bond acceptors (Lipinski definition) is 1. The van der Waals surface area contributed by atoms with Gasteiger partial charge in [-0.25, -0.2) is 5.32 Å². The first-order chi connectivity index (χ1) is 9.45. The molecule has 0 aromatic heterocycles. The zero-order valence-corrected chi connectivity index (χ0v) is 12.1. The smallest absolute Gasteiger partial charge is 0.0261 e. The van der Waals surface area contributed by atoms with Crippen molar-refractivity contribution in [3.05, 3.63) is 35.9 Å². The van der Waals surface area contributed by atoms with E-state index in [0.29, 0.717) is 0 Å². The third-order valence-corrected chi connectivity index (χ3v) is 3.90. The second-order valence-corrected chi connectivity index (χ2v) is 5.52. The minimum atomic E-state index is 1.05. The maximum absolute atomic E-state index is 4.47. The van der Waals surface area contributed by atoms with Crippen LogP contribution in [0.1, 0.15) is 37.7 Å². The van der Waals surface area contributed by atoms with Crippen LogP contribution in [0.2, 0.25) is 0 Å². The van der Waals surface area contributed by atoms with E-state index >= 15 is 0 Å². The third-order valence-electron chi connectivity index (χ3n) is 3.90. The molecule has 1 aliphatic heterocycles. The Labute approximate surface area is 118 Å². The Morgan fingerprint density at radius 2 is 1.74 bits per heavy atom. The molecule has 1 heterocycles. The second kappa shape index (κ2) is 9.11. The van der Waals surface area contributed by atoms with Crippen LogP contribution in [-0.2, 0) is 6.42 Å². The van der Waals surface area contributed by atoms with Crippen molar-refractivity contribution in [2.24, 2.45) is 0 Å². The van der Waals surface area contributed by atoms with E-state index in [2.05, 4.69) is 40.5 Å². The van der Waals surface area contributed by atoms with Crippen LogP contribution in [0, 0.1) is 0 Å². The summed E-state index contributed by atoms with van der Waals surface area (Å²) in [5.41, 5.74) is 1.48. The van der Waals surface area contributed by atoms with Crippen LogP contribution in [0.5, 0.6) is 0 Å². The maximum atomic E-state index is 4.47. The molecule has 0 aliphatic carbocycles. The van der Waals surface area contributed by atoms with E-state index in [1.165, 1.54) is 63.7 Å². The van der Waals surface area contributed by atoms with E-state index in [9.17, 15) is 0 Å². The van der Waals surface area contributed by atoms with Crippen molar-refractivity contribution in [2.75, 3.05) is 32.7 Å². The monoisotopic (exact) mass is 259 g/mol. The van der Waals surface area contributed by atoms with Gasteiger partial charge in [-0.15, -0.1) is 0 Å². The molecule has 1 fully saturated rings. The average Bonchev–Trinajstić information content (AvgIpc) is 2.72. The summed E-state index contributed by atoms with van der Waals surface area (Å²) in [5, 5.41) is 4.47. The summed E-state index contributed by atoms with van der Waals surface area (Å²) in [5.74, 6) is 0. The van der Waals surface area contributed by atoms with Crippen LogP contribution >= 0.6 is 0 Å². The van der Waals surface area contributed by atoms with Gasteiger partial charge in [0, 0.05) is 19.6 Å². The Balaban J connectivity index is 1.48. The predicted molar refractivity (Wildman–Crippen MR) is 81.5 cm³/mol. The maximum Gasteiger partial charge on any atom is 0.0261 e. The van der Waals surface area contributed by atoms with E-state index in [-0.39, 0.29) is 0 Å². The Bertz CT molecular complexity index is 315. The largest absolute Gasteiger partial charge is 0.302 e. The fraction of sp³-hybridized carbons (Fsp3) is 0.647. The normalized spacial score (nSPS) is 17.3. The lowest BCUT2D eigenvalue weighted by atomic mass is 10.1. The molecular formula is C17H27N2. The Morgan fingerprint density at radius 3 is 2.63 bits per heavy atom. The molecular weight excluding hydrogens is 232 g/mol. The lowest BCUT2D eigenvalue weighted by molar-refractivity contribution is 0.284. The van der Waals surface area contributed by atoms with Crippen LogP contribution in [0.4, 0.5) is 0 Å². The lowest BCUT2D eigenvalue weighted by Crippen LogP contribution is -2.28. The second-order valence-electron chi connectivity index (χ2n) is 5.52. The summed E-state index contributed by atoms with van der Waals surface area (Å²) < 4.78 is 0. The quantitative estimate of drug-likeness (QED) is 0.688. The summed E-state index contributed by atoms with van der Waals surface area (Å²) in [6.45, 7) is 5.85. The van der Waals surface area contributed by atoms with Crippen molar-refractivity contribution >= 4 is 0 Å². The molecule has 0 atom stereocenters. The van der Waals surface area contributed by atoms with Crippen molar-refractivity contribution in [3.8, 4) is 0 Å². The highest BCUT2D eigenvalue weighted by atomic mass is 15.1. The molecule has 1 aromatic rings. The Morgan fingerprint density at radius 1 is 0.895 bits per heavy atom. The topological polar surface area (TPSA) is 17.3 Å². The van der Waals surface area contributed by atoms with E-state index in [4.69, 9.17) is 0 Å². The first kappa shape index (κ1) is 14.5. The van der Waals surface area contributed by atoms with Gasteiger partial charge in [0.15, 0.2) is 0 Å². The van der Waals surface area contributed by atoms with Crippen LogP contribution < -0.4 is 5.32 Å². The fourth-order valence-corrected chi connectivity index (χ4v) is 2.73. The van der Waals surface area contributed by atoms with Gasteiger partial charge in [0.05, 0.1) is 0 Å². The highest BCUT2D eigenvalue weighted by Crippen LogP contribution is 2.08. The van der Waals surface area contributed by atoms with E-state index < -0.39 is 0 Å². The number of benzene rings is 1. The number of hydrogen-bond donors (Lipinski definition) is 0. The standard InChI is InChI=1S/C17H27N2/c1(4-9-17-10-5-3-6-11-17)2-7-14-19-15-8-12-18-13-16-19/h3,5-6,10-11H,1-2,4,7-9,12-16H2. The van der Waals surface area contributed by atoms with E-state index in [0.717, 1.165) is 13.1 Å². The molecule has 0 bridgehead atoms. The molecule has 0 amide bonds. The number of unbranched alkanes of at least 4 members (excludes halogenated alkanes) is 3. The number of nitrogens with zero attached hydrogens (tertiary/aromatic N) is 2. The molecule has 2 rings (SSSR count). The highest BCUT2D eigenvalue weighted by molar-refractivity contribution is 5.14. The van der Waals surface area contributed by atoms with Crippen LogP contribution in [0.15, 0.2) is 30.3 Å². The molecule has 2 nitrogen and oxygen atoms in total. The van der Waals surface area contributed by atoms with Crippen molar-refractivity contribution in [3.63, 3.8) is 0 Å². The first-order valence-corrected chi connectivity index (χ1v) is 7.85. The molecule has 2 heteroatoms. The van der Waals surface area contributed by atoms with E-state index in [1.54, 1.807) is 0 Å². The van der Waals surface area contributed by atoms with Crippen molar-refractivity contribution in [1.82, 2.24) is 10.2 Å². The number of aryl methyl sites for hydroxylation is 1. The molecule has 0 spiro atoms. The Kier molecular flexibility index (Phi) is 6.97. The minimum absolute atomic E-state index is 1.05. The molecule has 1 radical (unpaired) electrons. The van der Waals surface area contributed by atoms with E-state index in [1.807, 2.05) is 0 Å². The summed E-state index contributed by atoms with van der Waals surface area (Å²) in [4.78, 5) is 2.59. The molecule has 0 N–H and O–H groups in total. The van der Waals surface area contributed by atoms with Crippen LogP contribution in [0.25, 0.3) is 0 Å². The summed E-state index contributed by atoms with van der Waals surface area (Å²) >= 11 is 0. The molecule has 0 saturated carbocycles. The zero-order valence-electron chi connectivity index (χ0n) is 12.1. The van der Waals surface area contributed by atoms with Gasteiger partial charge in [0.25, 0.3) is 0 Å². The number of rotatable bonds is 7. The summed E-state index contributed by atoms with van der Waals surface area (Å²) in [6.07, 6.45) is 7.93. The highest BCUT2D eigenvalue weighted by Gasteiger charge is 2.07. The third kappa shape index (κ3) is 6.22. The molecule has 0 unspecified atom stereocenters. The van der Waals surface area contributed by atoms with Crippen LogP contribution in [-0.4, -0.2) is 37.6 Å². The van der Waals surface area contributed by atoms with Gasteiger partial charge in [-0.1, -0.05) is 43.2 Å². The lowest BCUT2D eigenvalue weighted by Gasteiger charge is -2.18. The van der Waals surface area contributed by atoms with Gasteiger partial charge in [-0.3, -0.25) is 0 Å². The van der Waals surface area contributed by atoms with Crippen molar-refractivity contribution in [1.29, 1.82) is 0 Å². The minimum Gasteiger partial charge on any atom is -0.302 e. The SMILES string of the molecule is c1ccc(CCCCCCN2CCC[N]CC2)cc1. The van der Waals surface area contributed by atoms with Gasteiger partial charge in [0.1, 0.15) is 0 Å². The van der Waals surface area contributed by atoms with Gasteiger partial charge < -0.3 is 4.90 Å².